The van der Waals surface area contributed by atoms with Crippen LogP contribution in [0.2, 0.25) is 0 Å². The molecule has 0 radical (unpaired) electrons. The van der Waals surface area contributed by atoms with E-state index in [0.717, 1.165) is 23.6 Å². The molecule has 1 aromatic carbocycles. The Bertz CT molecular complexity index is 502. The highest BCUT2D eigenvalue weighted by atomic mass is 19.1. The van der Waals surface area contributed by atoms with Crippen molar-refractivity contribution in [2.45, 2.75) is 72.8 Å². The lowest BCUT2D eigenvalue weighted by Gasteiger charge is -2.19. The molecule has 22 heavy (non-hydrogen) atoms. The molecular formula is C19H30FNO. The van der Waals surface area contributed by atoms with E-state index in [-0.39, 0.29) is 5.82 Å². The average Bonchev–Trinajstić information content (AvgIpc) is 2.39. The fraction of sp³-hybridized carbons (Fsp3) is 0.632. The number of halogens is 1. The van der Waals surface area contributed by atoms with Gasteiger partial charge in [0.1, 0.15) is 11.5 Å². The third kappa shape index (κ3) is 5.53. The molecule has 1 N–H and O–H groups in total. The number of nitrogens with zero attached hydrogens (tertiary/aromatic N) is 1. The summed E-state index contributed by atoms with van der Waals surface area (Å²) in [5.41, 5.74) is 1.55. The van der Waals surface area contributed by atoms with Crippen LogP contribution in [-0.4, -0.2) is 10.8 Å². The molecule has 0 spiro atoms. The second-order valence-corrected chi connectivity index (χ2v) is 6.92. The van der Waals surface area contributed by atoms with Crippen molar-refractivity contribution in [3.8, 4) is 0 Å². The lowest BCUT2D eigenvalue weighted by atomic mass is 9.88. The summed E-state index contributed by atoms with van der Waals surface area (Å²) in [6, 6.07) is 3.14. The Balaban J connectivity index is 0.000000406. The molecule has 1 saturated carbocycles. The van der Waals surface area contributed by atoms with Crippen molar-refractivity contribution in [1.82, 2.24) is 0 Å². The smallest absolute Gasteiger partial charge is 0.149 e. The fourth-order valence-electron chi connectivity index (χ4n) is 2.11. The molecule has 1 fully saturated rings. The summed E-state index contributed by atoms with van der Waals surface area (Å²) in [4.78, 5) is 4.26. The van der Waals surface area contributed by atoms with E-state index in [1.165, 1.54) is 25.3 Å². The van der Waals surface area contributed by atoms with E-state index in [9.17, 15) is 9.50 Å². The van der Waals surface area contributed by atoms with E-state index in [4.69, 9.17) is 0 Å². The van der Waals surface area contributed by atoms with E-state index in [0.29, 0.717) is 11.3 Å². The van der Waals surface area contributed by atoms with Crippen molar-refractivity contribution in [3.63, 3.8) is 0 Å². The first-order chi connectivity index (χ1) is 10.1. The number of aryl methyl sites for hydroxylation is 1. The molecule has 1 aliphatic rings. The van der Waals surface area contributed by atoms with Gasteiger partial charge in [0.05, 0.1) is 5.60 Å². The van der Waals surface area contributed by atoms with Gasteiger partial charge in [-0.3, -0.25) is 4.99 Å². The monoisotopic (exact) mass is 307 g/mol. The summed E-state index contributed by atoms with van der Waals surface area (Å²) < 4.78 is 13.9. The van der Waals surface area contributed by atoms with Crippen LogP contribution in [0.1, 0.15) is 71.4 Å². The lowest BCUT2D eigenvalue weighted by molar-refractivity contribution is 0.0782. The molecule has 0 aromatic heterocycles. The standard InChI is InChI=1S/C14H20FNO.C5H10/c1-6-10(3)16-13-9(2)7-11(8-12(13)15)14(4,5)17;1-5-3-2-4-5/h7-8,17H,6H2,1-5H3;5H,2-4H2,1H3. The van der Waals surface area contributed by atoms with Crippen molar-refractivity contribution >= 4 is 11.4 Å². The highest BCUT2D eigenvalue weighted by molar-refractivity contribution is 5.84. The number of aliphatic hydroxyl groups is 1. The van der Waals surface area contributed by atoms with Gasteiger partial charge in [-0.15, -0.1) is 0 Å². The number of benzene rings is 1. The van der Waals surface area contributed by atoms with Crippen LogP contribution in [0.3, 0.4) is 0 Å². The third-order valence-corrected chi connectivity index (χ3v) is 4.17. The van der Waals surface area contributed by atoms with Gasteiger partial charge < -0.3 is 5.11 Å². The number of rotatable bonds is 3. The van der Waals surface area contributed by atoms with E-state index >= 15 is 0 Å². The van der Waals surface area contributed by atoms with Crippen LogP contribution in [0.15, 0.2) is 17.1 Å². The summed E-state index contributed by atoms with van der Waals surface area (Å²) in [6.07, 6.45) is 5.26. The van der Waals surface area contributed by atoms with Crippen LogP contribution in [0.5, 0.6) is 0 Å². The van der Waals surface area contributed by atoms with Gasteiger partial charge in [-0.1, -0.05) is 39.2 Å². The third-order valence-electron chi connectivity index (χ3n) is 4.17. The molecule has 0 atom stereocenters. The van der Waals surface area contributed by atoms with Crippen LogP contribution < -0.4 is 0 Å². The Morgan fingerprint density at radius 1 is 1.36 bits per heavy atom. The van der Waals surface area contributed by atoms with Crippen molar-refractivity contribution in [2.24, 2.45) is 10.9 Å². The Kier molecular flexibility index (Phi) is 6.73. The molecule has 0 bridgehead atoms. The van der Waals surface area contributed by atoms with Crippen LogP contribution in [0.4, 0.5) is 10.1 Å². The zero-order chi connectivity index (χ0) is 16.9. The Hall–Kier alpha value is -1.22. The Labute approximate surface area is 134 Å². The van der Waals surface area contributed by atoms with Crippen LogP contribution >= 0.6 is 0 Å². The summed E-state index contributed by atoms with van der Waals surface area (Å²) >= 11 is 0. The first-order valence-corrected chi connectivity index (χ1v) is 8.22. The van der Waals surface area contributed by atoms with E-state index in [1.54, 1.807) is 26.8 Å². The normalized spacial score (nSPS) is 15.9. The fourth-order valence-corrected chi connectivity index (χ4v) is 2.11. The van der Waals surface area contributed by atoms with Gasteiger partial charge >= 0.3 is 0 Å². The first-order valence-electron chi connectivity index (χ1n) is 8.22. The van der Waals surface area contributed by atoms with Crippen LogP contribution in [0.25, 0.3) is 0 Å². The van der Waals surface area contributed by atoms with Gasteiger partial charge in [0, 0.05) is 5.71 Å². The SMILES string of the molecule is CC1CCC1.CCC(C)=Nc1c(C)cc(C(C)(C)O)cc1F. The molecule has 2 rings (SSSR count). The Morgan fingerprint density at radius 3 is 2.23 bits per heavy atom. The van der Waals surface area contributed by atoms with Crippen LogP contribution in [-0.2, 0) is 5.60 Å². The zero-order valence-electron chi connectivity index (χ0n) is 14.8. The molecule has 2 nitrogen and oxygen atoms in total. The molecule has 0 unspecified atom stereocenters. The minimum atomic E-state index is -1.03. The van der Waals surface area contributed by atoms with E-state index < -0.39 is 5.60 Å². The molecule has 0 amide bonds. The van der Waals surface area contributed by atoms with E-state index in [1.807, 2.05) is 13.8 Å². The predicted octanol–water partition coefficient (Wildman–Crippen LogP) is 5.67. The molecule has 0 heterocycles. The number of hydrogen-bond donors (Lipinski definition) is 1. The minimum Gasteiger partial charge on any atom is -0.386 e. The largest absolute Gasteiger partial charge is 0.386 e. The van der Waals surface area contributed by atoms with Crippen molar-refractivity contribution < 1.29 is 9.50 Å². The van der Waals surface area contributed by atoms with E-state index in [2.05, 4.69) is 11.9 Å². The molecule has 0 saturated heterocycles. The van der Waals surface area contributed by atoms with Crippen molar-refractivity contribution in [3.05, 3.63) is 29.1 Å². The zero-order valence-corrected chi connectivity index (χ0v) is 14.8. The summed E-state index contributed by atoms with van der Waals surface area (Å²) in [7, 11) is 0. The molecule has 1 aliphatic carbocycles. The van der Waals surface area contributed by atoms with Gasteiger partial charge in [-0.2, -0.15) is 0 Å². The van der Waals surface area contributed by atoms with Crippen molar-refractivity contribution in [2.75, 3.05) is 0 Å². The topological polar surface area (TPSA) is 32.6 Å². The maximum absolute atomic E-state index is 13.9. The summed E-state index contributed by atoms with van der Waals surface area (Å²) in [5, 5.41) is 9.85. The Morgan fingerprint density at radius 2 is 1.91 bits per heavy atom. The van der Waals surface area contributed by atoms with Gasteiger partial charge in [0.15, 0.2) is 0 Å². The average molecular weight is 307 g/mol. The first kappa shape index (κ1) is 18.8. The maximum atomic E-state index is 13.9. The molecule has 124 valence electrons. The van der Waals surface area contributed by atoms with Gasteiger partial charge in [-0.05, 0) is 57.2 Å². The van der Waals surface area contributed by atoms with Gasteiger partial charge in [0.2, 0.25) is 0 Å². The predicted molar refractivity (Wildman–Crippen MR) is 92.5 cm³/mol. The number of aliphatic imine (C=N–C) groups is 1. The highest BCUT2D eigenvalue weighted by Gasteiger charge is 2.19. The molecule has 3 heteroatoms. The second kappa shape index (κ2) is 7.87. The summed E-state index contributed by atoms with van der Waals surface area (Å²) in [6.45, 7) is 11.3. The highest BCUT2D eigenvalue weighted by Crippen LogP contribution is 2.29. The maximum Gasteiger partial charge on any atom is 0.149 e. The molecule has 1 aromatic rings. The minimum absolute atomic E-state index is 0.373. The number of hydrogen-bond acceptors (Lipinski definition) is 2. The van der Waals surface area contributed by atoms with Gasteiger partial charge in [-0.25, -0.2) is 4.39 Å². The quantitative estimate of drug-likeness (QED) is 0.717. The second-order valence-electron chi connectivity index (χ2n) is 6.92. The summed E-state index contributed by atoms with van der Waals surface area (Å²) in [5.74, 6) is 0.685. The van der Waals surface area contributed by atoms with Gasteiger partial charge in [0.25, 0.3) is 0 Å². The molecule has 0 aliphatic heterocycles. The van der Waals surface area contributed by atoms with Crippen LogP contribution in [0, 0.1) is 18.7 Å². The molecular weight excluding hydrogens is 277 g/mol. The van der Waals surface area contributed by atoms with Crippen molar-refractivity contribution in [1.29, 1.82) is 0 Å². The lowest BCUT2D eigenvalue weighted by Crippen LogP contribution is -2.16.